The van der Waals surface area contributed by atoms with Gasteiger partial charge in [-0.3, -0.25) is 0 Å². The van der Waals surface area contributed by atoms with Crippen LogP contribution in [0.15, 0.2) is 24.5 Å². The molecule has 0 fully saturated rings. The summed E-state index contributed by atoms with van der Waals surface area (Å²) in [7, 11) is 0. The van der Waals surface area contributed by atoms with Gasteiger partial charge in [0.2, 0.25) is 0 Å². The van der Waals surface area contributed by atoms with Crippen molar-refractivity contribution in [3.8, 4) is 5.82 Å². The predicted molar refractivity (Wildman–Crippen MR) is 62.3 cm³/mol. The second kappa shape index (κ2) is 5.14. The maximum Gasteiger partial charge on any atom is 0.342 e. The molecule has 0 aliphatic rings. The molecular formula is C11H9ClFN3O2. The van der Waals surface area contributed by atoms with Crippen LogP contribution >= 0.6 is 11.6 Å². The molecule has 7 heteroatoms. The fourth-order valence-corrected chi connectivity index (χ4v) is 1.61. The molecule has 0 N–H and O–H groups in total. The molecule has 0 spiro atoms. The number of carbonyl (C=O) groups is 1. The van der Waals surface area contributed by atoms with Crippen molar-refractivity contribution in [3.05, 3.63) is 41.1 Å². The number of hydrogen-bond acceptors (Lipinski definition) is 4. The van der Waals surface area contributed by atoms with E-state index in [4.69, 9.17) is 16.3 Å². The zero-order chi connectivity index (χ0) is 13.1. The van der Waals surface area contributed by atoms with Crippen molar-refractivity contribution in [2.24, 2.45) is 0 Å². The molecule has 2 aromatic rings. The SMILES string of the molecule is CCOC(=O)c1cnn(-c2ncccc2F)c1Cl. The summed E-state index contributed by atoms with van der Waals surface area (Å²) in [5.74, 6) is -1.26. The molecule has 2 heterocycles. The van der Waals surface area contributed by atoms with E-state index in [1.54, 1.807) is 6.92 Å². The van der Waals surface area contributed by atoms with E-state index in [9.17, 15) is 9.18 Å². The third-order valence-corrected chi connectivity index (χ3v) is 2.51. The Labute approximate surface area is 107 Å². The zero-order valence-corrected chi connectivity index (χ0v) is 10.2. The van der Waals surface area contributed by atoms with Crippen LogP contribution in [0, 0.1) is 5.82 Å². The largest absolute Gasteiger partial charge is 0.462 e. The number of ether oxygens (including phenoxy) is 1. The second-order valence-corrected chi connectivity index (χ2v) is 3.65. The lowest BCUT2D eigenvalue weighted by atomic mass is 10.4. The molecule has 0 radical (unpaired) electrons. The molecule has 0 bridgehead atoms. The summed E-state index contributed by atoms with van der Waals surface area (Å²) in [5.41, 5.74) is 0.0727. The van der Waals surface area contributed by atoms with Crippen molar-refractivity contribution in [2.75, 3.05) is 6.61 Å². The van der Waals surface area contributed by atoms with Crippen molar-refractivity contribution in [1.29, 1.82) is 0 Å². The molecule has 0 aliphatic heterocycles. The smallest absolute Gasteiger partial charge is 0.342 e. The van der Waals surface area contributed by atoms with Gasteiger partial charge >= 0.3 is 5.97 Å². The Kier molecular flexibility index (Phi) is 3.57. The normalized spacial score (nSPS) is 10.4. The minimum absolute atomic E-state index is 0.0361. The van der Waals surface area contributed by atoms with E-state index in [-0.39, 0.29) is 23.1 Å². The lowest BCUT2D eigenvalue weighted by Crippen LogP contribution is -2.06. The van der Waals surface area contributed by atoms with Crippen LogP contribution in [-0.4, -0.2) is 27.3 Å². The quantitative estimate of drug-likeness (QED) is 0.802. The fraction of sp³-hybridized carbons (Fsp3) is 0.182. The average molecular weight is 270 g/mol. The lowest BCUT2D eigenvalue weighted by molar-refractivity contribution is 0.0526. The van der Waals surface area contributed by atoms with Crippen LogP contribution in [-0.2, 0) is 4.74 Å². The number of aromatic nitrogens is 3. The number of nitrogens with zero attached hydrogens (tertiary/aromatic N) is 3. The van der Waals surface area contributed by atoms with E-state index >= 15 is 0 Å². The summed E-state index contributed by atoms with van der Waals surface area (Å²) in [6.45, 7) is 1.90. The molecule has 0 amide bonds. The van der Waals surface area contributed by atoms with E-state index in [1.165, 1.54) is 24.5 Å². The van der Waals surface area contributed by atoms with Crippen LogP contribution < -0.4 is 0 Å². The van der Waals surface area contributed by atoms with Gasteiger partial charge in [-0.05, 0) is 19.1 Å². The molecule has 0 aromatic carbocycles. The molecule has 0 unspecified atom stereocenters. The van der Waals surface area contributed by atoms with Crippen molar-refractivity contribution < 1.29 is 13.9 Å². The van der Waals surface area contributed by atoms with Crippen molar-refractivity contribution in [2.45, 2.75) is 6.92 Å². The molecule has 0 saturated heterocycles. The Morgan fingerprint density at radius 1 is 1.61 bits per heavy atom. The van der Waals surface area contributed by atoms with E-state index in [1.807, 2.05) is 0 Å². The summed E-state index contributed by atoms with van der Waals surface area (Å²) in [6.07, 6.45) is 2.62. The van der Waals surface area contributed by atoms with E-state index in [2.05, 4.69) is 10.1 Å². The first-order valence-electron chi connectivity index (χ1n) is 5.16. The molecule has 94 valence electrons. The maximum atomic E-state index is 13.5. The summed E-state index contributed by atoms with van der Waals surface area (Å²) >= 11 is 5.95. The number of rotatable bonds is 3. The third-order valence-electron chi connectivity index (χ3n) is 2.15. The fourth-order valence-electron chi connectivity index (χ4n) is 1.36. The average Bonchev–Trinajstić information content (AvgIpc) is 2.72. The van der Waals surface area contributed by atoms with Gasteiger partial charge in [0.05, 0.1) is 12.8 Å². The van der Waals surface area contributed by atoms with Crippen LogP contribution in [0.1, 0.15) is 17.3 Å². The summed E-state index contributed by atoms with van der Waals surface area (Å²) in [6, 6.07) is 2.67. The number of esters is 1. The predicted octanol–water partition coefficient (Wildman–Crippen LogP) is 2.24. The highest BCUT2D eigenvalue weighted by Gasteiger charge is 2.19. The molecule has 0 atom stereocenters. The van der Waals surface area contributed by atoms with Crippen LogP contribution in [0.2, 0.25) is 5.15 Å². The summed E-state index contributed by atoms with van der Waals surface area (Å²) in [4.78, 5) is 15.3. The standard InChI is InChI=1S/C11H9ClFN3O2/c1-2-18-11(17)7-6-15-16(9(7)12)10-8(13)4-3-5-14-10/h3-6H,2H2,1H3. The molecular weight excluding hydrogens is 261 g/mol. The topological polar surface area (TPSA) is 57.0 Å². The minimum Gasteiger partial charge on any atom is -0.462 e. The first-order valence-corrected chi connectivity index (χ1v) is 5.54. The zero-order valence-electron chi connectivity index (χ0n) is 9.43. The maximum absolute atomic E-state index is 13.5. The van der Waals surface area contributed by atoms with Gasteiger partial charge in [-0.25, -0.2) is 14.2 Å². The van der Waals surface area contributed by atoms with Gasteiger partial charge in [-0.1, -0.05) is 11.6 Å². The number of hydrogen-bond donors (Lipinski definition) is 0. The van der Waals surface area contributed by atoms with Crippen LogP contribution in [0.5, 0.6) is 0 Å². The Morgan fingerprint density at radius 3 is 3.06 bits per heavy atom. The van der Waals surface area contributed by atoms with Gasteiger partial charge in [0, 0.05) is 6.20 Å². The summed E-state index contributed by atoms with van der Waals surface area (Å²) < 4.78 is 19.4. The second-order valence-electron chi connectivity index (χ2n) is 3.29. The number of halogens is 2. The monoisotopic (exact) mass is 269 g/mol. The number of carbonyl (C=O) groups excluding carboxylic acids is 1. The summed E-state index contributed by atoms with van der Waals surface area (Å²) in [5, 5.41) is 3.80. The molecule has 5 nitrogen and oxygen atoms in total. The van der Waals surface area contributed by atoms with Crippen LogP contribution in [0.3, 0.4) is 0 Å². The van der Waals surface area contributed by atoms with Gasteiger partial charge in [0.1, 0.15) is 10.7 Å². The van der Waals surface area contributed by atoms with Gasteiger partial charge in [-0.15, -0.1) is 0 Å². The molecule has 0 saturated carbocycles. The molecule has 2 aromatic heterocycles. The van der Waals surface area contributed by atoms with E-state index in [0.29, 0.717) is 0 Å². The van der Waals surface area contributed by atoms with Gasteiger partial charge in [0.15, 0.2) is 11.6 Å². The minimum atomic E-state index is -0.606. The number of pyridine rings is 1. The molecule has 0 aliphatic carbocycles. The van der Waals surface area contributed by atoms with Gasteiger partial charge < -0.3 is 4.74 Å². The third kappa shape index (κ3) is 2.19. The molecule has 18 heavy (non-hydrogen) atoms. The first kappa shape index (κ1) is 12.5. The van der Waals surface area contributed by atoms with Crippen molar-refractivity contribution in [3.63, 3.8) is 0 Å². The van der Waals surface area contributed by atoms with Gasteiger partial charge in [0.25, 0.3) is 0 Å². The molecule has 2 rings (SSSR count). The van der Waals surface area contributed by atoms with Crippen molar-refractivity contribution >= 4 is 17.6 Å². The highest BCUT2D eigenvalue weighted by Crippen LogP contribution is 2.21. The van der Waals surface area contributed by atoms with Crippen LogP contribution in [0.25, 0.3) is 5.82 Å². The van der Waals surface area contributed by atoms with E-state index in [0.717, 1.165) is 4.68 Å². The van der Waals surface area contributed by atoms with E-state index < -0.39 is 11.8 Å². The highest BCUT2D eigenvalue weighted by atomic mass is 35.5. The highest BCUT2D eigenvalue weighted by molar-refractivity contribution is 6.32. The Hall–Kier alpha value is -1.95. The first-order chi connectivity index (χ1) is 8.65. The lowest BCUT2D eigenvalue weighted by Gasteiger charge is -2.03. The van der Waals surface area contributed by atoms with Crippen LogP contribution in [0.4, 0.5) is 4.39 Å². The van der Waals surface area contributed by atoms with Crippen molar-refractivity contribution in [1.82, 2.24) is 14.8 Å². The Balaban J connectivity index is 2.43. The Bertz CT molecular complexity index is 585. The Morgan fingerprint density at radius 2 is 2.39 bits per heavy atom. The van der Waals surface area contributed by atoms with Gasteiger partial charge in [-0.2, -0.15) is 9.78 Å².